The Kier molecular flexibility index (Phi) is 3.46. The second kappa shape index (κ2) is 5.24. The van der Waals surface area contributed by atoms with Crippen molar-refractivity contribution in [3.8, 4) is 0 Å². The highest BCUT2D eigenvalue weighted by Gasteiger charge is 2.00. The van der Waals surface area contributed by atoms with E-state index in [1.54, 1.807) is 0 Å². The van der Waals surface area contributed by atoms with Crippen LogP contribution in [0.5, 0.6) is 0 Å². The standard InChI is InChI=1S/C14H13NO/c16-11-14(12-7-3-1-4-8-12)15-13-9-5-2-6-10-13/h1-10,16H,11H2. The second-order valence-corrected chi connectivity index (χ2v) is 3.42. The van der Waals surface area contributed by atoms with Crippen molar-refractivity contribution in [3.05, 3.63) is 66.2 Å². The number of hydrogen-bond donors (Lipinski definition) is 1. The summed E-state index contributed by atoms with van der Waals surface area (Å²) in [5, 5.41) is 9.31. The van der Waals surface area contributed by atoms with Gasteiger partial charge in [0.1, 0.15) is 0 Å². The molecule has 0 radical (unpaired) electrons. The third-order valence-corrected chi connectivity index (χ3v) is 2.28. The van der Waals surface area contributed by atoms with Gasteiger partial charge in [-0.05, 0) is 17.7 Å². The monoisotopic (exact) mass is 211 g/mol. The molecule has 16 heavy (non-hydrogen) atoms. The Morgan fingerprint density at radius 2 is 1.44 bits per heavy atom. The van der Waals surface area contributed by atoms with Crippen LogP contribution in [0.4, 0.5) is 5.69 Å². The summed E-state index contributed by atoms with van der Waals surface area (Å²) in [6.45, 7) is -0.0566. The fraction of sp³-hybridized carbons (Fsp3) is 0.0714. The zero-order valence-electron chi connectivity index (χ0n) is 8.88. The molecule has 0 aliphatic rings. The Bertz CT molecular complexity index is 463. The summed E-state index contributed by atoms with van der Waals surface area (Å²) in [4.78, 5) is 4.41. The number of nitrogens with zero attached hydrogens (tertiary/aromatic N) is 1. The van der Waals surface area contributed by atoms with Crippen LogP contribution in [0.25, 0.3) is 0 Å². The van der Waals surface area contributed by atoms with Gasteiger partial charge in [-0.2, -0.15) is 0 Å². The summed E-state index contributed by atoms with van der Waals surface area (Å²) in [5.41, 5.74) is 2.50. The van der Waals surface area contributed by atoms with E-state index in [4.69, 9.17) is 0 Å². The van der Waals surface area contributed by atoms with Crippen molar-refractivity contribution < 1.29 is 5.11 Å². The molecule has 0 fully saturated rings. The van der Waals surface area contributed by atoms with E-state index in [2.05, 4.69) is 4.99 Å². The smallest absolute Gasteiger partial charge is 0.0859 e. The fourth-order valence-corrected chi connectivity index (χ4v) is 1.48. The molecule has 1 N–H and O–H groups in total. The number of rotatable bonds is 3. The number of aliphatic hydroxyl groups excluding tert-OH is 1. The van der Waals surface area contributed by atoms with Crippen molar-refractivity contribution in [2.75, 3.05) is 6.61 Å². The van der Waals surface area contributed by atoms with Crippen LogP contribution in [0.15, 0.2) is 65.7 Å². The van der Waals surface area contributed by atoms with E-state index in [1.165, 1.54) is 0 Å². The zero-order chi connectivity index (χ0) is 11.2. The average molecular weight is 211 g/mol. The van der Waals surface area contributed by atoms with Crippen LogP contribution in [-0.2, 0) is 0 Å². The van der Waals surface area contributed by atoms with Crippen molar-refractivity contribution in [3.63, 3.8) is 0 Å². The molecule has 2 rings (SSSR count). The maximum Gasteiger partial charge on any atom is 0.0859 e. The van der Waals surface area contributed by atoms with Crippen molar-refractivity contribution in [2.45, 2.75) is 0 Å². The van der Waals surface area contributed by atoms with Crippen LogP contribution >= 0.6 is 0 Å². The highest BCUT2D eigenvalue weighted by molar-refractivity contribution is 6.02. The Balaban J connectivity index is 2.34. The minimum atomic E-state index is -0.0566. The predicted molar refractivity (Wildman–Crippen MR) is 66.2 cm³/mol. The lowest BCUT2D eigenvalue weighted by atomic mass is 10.1. The lowest BCUT2D eigenvalue weighted by Gasteiger charge is -2.03. The molecule has 80 valence electrons. The normalized spacial score (nSPS) is 11.4. The van der Waals surface area contributed by atoms with Gasteiger partial charge in [0.2, 0.25) is 0 Å². The SMILES string of the molecule is OCC(=Nc1ccccc1)c1ccccc1. The molecule has 0 spiro atoms. The van der Waals surface area contributed by atoms with Crippen LogP contribution in [-0.4, -0.2) is 17.4 Å². The predicted octanol–water partition coefficient (Wildman–Crippen LogP) is 2.80. The number of para-hydroxylation sites is 1. The van der Waals surface area contributed by atoms with Crippen LogP contribution in [0, 0.1) is 0 Å². The molecule has 0 heterocycles. The maximum atomic E-state index is 9.31. The molecule has 0 atom stereocenters. The summed E-state index contributed by atoms with van der Waals surface area (Å²) in [6, 6.07) is 19.3. The minimum absolute atomic E-state index is 0.0566. The zero-order valence-corrected chi connectivity index (χ0v) is 8.88. The lowest BCUT2D eigenvalue weighted by Crippen LogP contribution is -2.05. The summed E-state index contributed by atoms with van der Waals surface area (Å²) in [5.74, 6) is 0. The second-order valence-electron chi connectivity index (χ2n) is 3.42. The molecule has 2 aromatic carbocycles. The molecule has 0 saturated heterocycles. The third-order valence-electron chi connectivity index (χ3n) is 2.28. The van der Waals surface area contributed by atoms with Crippen LogP contribution in [0.2, 0.25) is 0 Å². The van der Waals surface area contributed by atoms with Gasteiger partial charge >= 0.3 is 0 Å². The average Bonchev–Trinajstić information content (AvgIpc) is 2.38. The molecule has 0 unspecified atom stereocenters. The van der Waals surface area contributed by atoms with Crippen LogP contribution in [0.3, 0.4) is 0 Å². The fourth-order valence-electron chi connectivity index (χ4n) is 1.48. The van der Waals surface area contributed by atoms with Crippen molar-refractivity contribution in [2.24, 2.45) is 4.99 Å². The highest BCUT2D eigenvalue weighted by atomic mass is 16.3. The summed E-state index contributed by atoms with van der Waals surface area (Å²) in [7, 11) is 0. The van der Waals surface area contributed by atoms with E-state index in [0.717, 1.165) is 11.3 Å². The minimum Gasteiger partial charge on any atom is -0.390 e. The first-order valence-electron chi connectivity index (χ1n) is 5.19. The van der Waals surface area contributed by atoms with Gasteiger partial charge in [0, 0.05) is 0 Å². The van der Waals surface area contributed by atoms with Gasteiger partial charge in [-0.15, -0.1) is 0 Å². The molecular weight excluding hydrogens is 198 g/mol. The van der Waals surface area contributed by atoms with Gasteiger partial charge in [-0.25, -0.2) is 0 Å². The van der Waals surface area contributed by atoms with E-state index >= 15 is 0 Å². The highest BCUT2D eigenvalue weighted by Crippen LogP contribution is 2.12. The van der Waals surface area contributed by atoms with Crippen LogP contribution < -0.4 is 0 Å². The summed E-state index contributed by atoms with van der Waals surface area (Å²) >= 11 is 0. The van der Waals surface area contributed by atoms with Crippen molar-refractivity contribution >= 4 is 11.4 Å². The van der Waals surface area contributed by atoms with Gasteiger partial charge in [-0.3, -0.25) is 4.99 Å². The molecule has 0 aromatic heterocycles. The number of benzene rings is 2. The molecular formula is C14H13NO. The largest absolute Gasteiger partial charge is 0.390 e. The van der Waals surface area contributed by atoms with E-state index in [9.17, 15) is 5.11 Å². The maximum absolute atomic E-state index is 9.31. The molecule has 0 amide bonds. The Morgan fingerprint density at radius 1 is 0.875 bits per heavy atom. The van der Waals surface area contributed by atoms with Gasteiger partial charge in [-0.1, -0.05) is 48.5 Å². The topological polar surface area (TPSA) is 32.6 Å². The van der Waals surface area contributed by atoms with Gasteiger partial charge in [0.05, 0.1) is 18.0 Å². The Hall–Kier alpha value is -1.93. The molecule has 2 nitrogen and oxygen atoms in total. The molecule has 2 heteroatoms. The first-order chi connectivity index (χ1) is 7.90. The van der Waals surface area contributed by atoms with Gasteiger partial charge in [0.25, 0.3) is 0 Å². The third kappa shape index (κ3) is 2.55. The van der Waals surface area contributed by atoms with E-state index in [0.29, 0.717) is 5.71 Å². The van der Waals surface area contributed by atoms with Gasteiger partial charge < -0.3 is 5.11 Å². The van der Waals surface area contributed by atoms with E-state index in [1.807, 2.05) is 60.7 Å². The first-order valence-corrected chi connectivity index (χ1v) is 5.19. The number of hydrogen-bond acceptors (Lipinski definition) is 2. The quantitative estimate of drug-likeness (QED) is 0.778. The molecule has 0 saturated carbocycles. The van der Waals surface area contributed by atoms with E-state index in [-0.39, 0.29) is 6.61 Å². The Morgan fingerprint density at radius 3 is 2.00 bits per heavy atom. The molecule has 0 aliphatic carbocycles. The summed E-state index contributed by atoms with van der Waals surface area (Å²) < 4.78 is 0. The molecule has 0 aliphatic heterocycles. The number of aliphatic imine (C=N–C) groups is 1. The lowest BCUT2D eigenvalue weighted by molar-refractivity contribution is 0.358. The first kappa shape index (κ1) is 10.6. The van der Waals surface area contributed by atoms with Gasteiger partial charge in [0.15, 0.2) is 0 Å². The number of aliphatic hydroxyl groups is 1. The Labute approximate surface area is 94.9 Å². The molecule has 0 bridgehead atoms. The summed E-state index contributed by atoms with van der Waals surface area (Å²) in [6.07, 6.45) is 0. The van der Waals surface area contributed by atoms with Crippen molar-refractivity contribution in [1.29, 1.82) is 0 Å². The van der Waals surface area contributed by atoms with E-state index < -0.39 is 0 Å². The molecule has 2 aromatic rings. The van der Waals surface area contributed by atoms with Crippen LogP contribution in [0.1, 0.15) is 5.56 Å². The van der Waals surface area contributed by atoms with Crippen molar-refractivity contribution in [1.82, 2.24) is 0 Å².